The summed E-state index contributed by atoms with van der Waals surface area (Å²) in [6, 6.07) is 79.1. The van der Waals surface area contributed by atoms with E-state index >= 15 is 0 Å². The molecule has 296 valence electrons. The molecule has 0 unspecified atom stereocenters. The van der Waals surface area contributed by atoms with Crippen LogP contribution in [-0.4, -0.2) is 9.97 Å². The third-order valence-corrected chi connectivity index (χ3v) is 13.3. The predicted octanol–water partition coefficient (Wildman–Crippen LogP) is 16.2. The van der Waals surface area contributed by atoms with E-state index in [0.717, 1.165) is 33.6 Å². The van der Waals surface area contributed by atoms with E-state index in [2.05, 4.69) is 214 Å². The lowest BCUT2D eigenvalue weighted by Gasteiger charge is -2.23. The van der Waals surface area contributed by atoms with Crippen LogP contribution in [0, 0.1) is 0 Å². The van der Waals surface area contributed by atoms with Crippen molar-refractivity contribution in [2.45, 2.75) is 19.3 Å². The zero-order valence-corrected chi connectivity index (χ0v) is 35.2. The molecule has 0 N–H and O–H groups in total. The van der Waals surface area contributed by atoms with Crippen molar-refractivity contribution < 1.29 is 0 Å². The Hall–Kier alpha value is -7.94. The van der Waals surface area contributed by atoms with Crippen LogP contribution in [0.1, 0.15) is 25.0 Å². The molecule has 11 aromatic rings. The van der Waals surface area contributed by atoms with Crippen molar-refractivity contribution in [1.29, 1.82) is 0 Å². The molecule has 0 fully saturated rings. The Balaban J connectivity index is 1.04. The average molecular weight is 803 g/mol. The molecular formula is C61H42N2. The Labute approximate surface area is 367 Å². The van der Waals surface area contributed by atoms with E-state index in [1.54, 1.807) is 0 Å². The molecule has 0 aliphatic heterocycles. The molecule has 63 heavy (non-hydrogen) atoms. The van der Waals surface area contributed by atoms with Gasteiger partial charge in [-0.2, -0.15) is 0 Å². The van der Waals surface area contributed by atoms with Crippen LogP contribution in [0.2, 0.25) is 0 Å². The molecule has 12 rings (SSSR count). The van der Waals surface area contributed by atoms with Crippen molar-refractivity contribution in [3.63, 3.8) is 0 Å². The molecule has 1 heterocycles. The van der Waals surface area contributed by atoms with Crippen molar-refractivity contribution >= 4 is 32.3 Å². The lowest BCUT2D eigenvalue weighted by molar-refractivity contribution is 0.661. The van der Waals surface area contributed by atoms with Crippen LogP contribution in [-0.2, 0) is 5.41 Å². The lowest BCUT2D eigenvalue weighted by atomic mass is 9.80. The number of aromatic nitrogens is 2. The maximum atomic E-state index is 5.25. The molecule has 1 aromatic heterocycles. The van der Waals surface area contributed by atoms with Crippen LogP contribution < -0.4 is 0 Å². The predicted molar refractivity (Wildman–Crippen MR) is 265 cm³/mol. The summed E-state index contributed by atoms with van der Waals surface area (Å²) >= 11 is 0. The Morgan fingerprint density at radius 2 is 0.794 bits per heavy atom. The normalized spacial score (nSPS) is 12.7. The van der Waals surface area contributed by atoms with Crippen LogP contribution in [0.4, 0.5) is 0 Å². The molecule has 0 radical (unpaired) electrons. The van der Waals surface area contributed by atoms with Crippen LogP contribution in [0.15, 0.2) is 218 Å². The molecule has 2 heteroatoms. The first-order valence-corrected chi connectivity index (χ1v) is 21.8. The van der Waals surface area contributed by atoms with E-state index in [-0.39, 0.29) is 5.41 Å². The van der Waals surface area contributed by atoms with Gasteiger partial charge in [0.1, 0.15) is 0 Å². The van der Waals surface area contributed by atoms with Crippen molar-refractivity contribution in [1.82, 2.24) is 9.97 Å². The molecule has 0 saturated carbocycles. The second-order valence-corrected chi connectivity index (χ2v) is 17.3. The molecule has 10 aromatic carbocycles. The van der Waals surface area contributed by atoms with Gasteiger partial charge in [-0.05, 0) is 112 Å². The van der Waals surface area contributed by atoms with Gasteiger partial charge in [-0.3, -0.25) is 0 Å². The molecule has 1 aliphatic rings. The van der Waals surface area contributed by atoms with Crippen molar-refractivity contribution in [3.05, 3.63) is 230 Å². The Bertz CT molecular complexity index is 3510. The van der Waals surface area contributed by atoms with E-state index in [1.807, 2.05) is 18.2 Å². The fourth-order valence-electron chi connectivity index (χ4n) is 10.2. The SMILES string of the molecule is CC1(C)c2cc3ccccc3cc2-c2c(-c3c4ccccc4c(-c4cccc(-c5cc(-c6ccc(-c7ccccc7)cc6)nc(-c6ccccc6)n5)c4)c4ccccc34)cccc21. The summed E-state index contributed by atoms with van der Waals surface area (Å²) in [6.07, 6.45) is 0. The monoisotopic (exact) mass is 802 g/mol. The van der Waals surface area contributed by atoms with E-state index in [9.17, 15) is 0 Å². The lowest BCUT2D eigenvalue weighted by Crippen LogP contribution is -2.14. The summed E-state index contributed by atoms with van der Waals surface area (Å²) in [4.78, 5) is 10.4. The topological polar surface area (TPSA) is 25.8 Å². The molecule has 1 aliphatic carbocycles. The molecule has 0 atom stereocenters. The Morgan fingerprint density at radius 3 is 1.46 bits per heavy atom. The number of nitrogens with zero attached hydrogens (tertiary/aromatic N) is 2. The number of benzene rings is 10. The van der Waals surface area contributed by atoms with Crippen LogP contribution in [0.5, 0.6) is 0 Å². The van der Waals surface area contributed by atoms with Crippen molar-refractivity contribution in [2.75, 3.05) is 0 Å². The highest BCUT2D eigenvalue weighted by Crippen LogP contribution is 2.55. The second-order valence-electron chi connectivity index (χ2n) is 17.3. The number of hydrogen-bond donors (Lipinski definition) is 0. The first kappa shape index (κ1) is 36.9. The summed E-state index contributed by atoms with van der Waals surface area (Å²) in [6.45, 7) is 4.76. The summed E-state index contributed by atoms with van der Waals surface area (Å²) in [7, 11) is 0. The number of rotatable bonds is 6. The van der Waals surface area contributed by atoms with Crippen molar-refractivity contribution in [3.8, 4) is 78.4 Å². The Morgan fingerprint density at radius 1 is 0.302 bits per heavy atom. The highest BCUT2D eigenvalue weighted by molar-refractivity contribution is 6.23. The third kappa shape index (κ3) is 6.09. The number of hydrogen-bond acceptors (Lipinski definition) is 2. The Kier molecular flexibility index (Phi) is 8.55. The van der Waals surface area contributed by atoms with Gasteiger partial charge in [-0.15, -0.1) is 0 Å². The van der Waals surface area contributed by atoms with Gasteiger partial charge in [0.15, 0.2) is 5.82 Å². The van der Waals surface area contributed by atoms with Gasteiger partial charge in [0.05, 0.1) is 11.4 Å². The highest BCUT2D eigenvalue weighted by atomic mass is 14.9. The van der Waals surface area contributed by atoms with E-state index in [0.29, 0.717) is 5.82 Å². The number of fused-ring (bicyclic) bond motifs is 6. The van der Waals surface area contributed by atoms with Gasteiger partial charge in [0.2, 0.25) is 0 Å². The maximum absolute atomic E-state index is 5.25. The molecule has 0 spiro atoms. The van der Waals surface area contributed by atoms with Gasteiger partial charge in [-0.25, -0.2) is 9.97 Å². The van der Waals surface area contributed by atoms with E-state index in [1.165, 1.54) is 82.4 Å². The first-order valence-electron chi connectivity index (χ1n) is 21.8. The zero-order chi connectivity index (χ0) is 42.1. The summed E-state index contributed by atoms with van der Waals surface area (Å²) in [5.41, 5.74) is 17.4. The second kappa shape index (κ2) is 14.6. The van der Waals surface area contributed by atoms with Gasteiger partial charge >= 0.3 is 0 Å². The van der Waals surface area contributed by atoms with Gasteiger partial charge in [0, 0.05) is 22.1 Å². The minimum atomic E-state index is -0.135. The maximum Gasteiger partial charge on any atom is 0.160 e. The van der Waals surface area contributed by atoms with Gasteiger partial charge in [0.25, 0.3) is 0 Å². The minimum absolute atomic E-state index is 0.135. The van der Waals surface area contributed by atoms with Crippen molar-refractivity contribution in [2.24, 2.45) is 0 Å². The standard InChI is InChI=1S/C61H42N2/c1-61(2)53-30-16-29-51(59(53)52-36-43-21-9-10-22-44(43)37-54(52)61)58-49-27-13-11-25-47(49)57(48-26-12-14-28-50(48)58)46-24-15-23-45(35-46)56-38-55(62-60(63-56)42-19-7-4-8-20-42)41-33-31-40(32-34-41)39-17-5-3-6-18-39/h3-38H,1-2H3. The molecular weight excluding hydrogens is 761 g/mol. The van der Waals surface area contributed by atoms with Gasteiger partial charge < -0.3 is 0 Å². The highest BCUT2D eigenvalue weighted by Gasteiger charge is 2.37. The quantitative estimate of drug-likeness (QED) is 0.157. The average Bonchev–Trinajstić information content (AvgIpc) is 3.57. The van der Waals surface area contributed by atoms with E-state index < -0.39 is 0 Å². The third-order valence-electron chi connectivity index (χ3n) is 13.3. The summed E-state index contributed by atoms with van der Waals surface area (Å²) in [5, 5.41) is 7.49. The summed E-state index contributed by atoms with van der Waals surface area (Å²) < 4.78 is 0. The molecule has 0 saturated heterocycles. The van der Waals surface area contributed by atoms with Gasteiger partial charge in [-0.1, -0.05) is 208 Å². The van der Waals surface area contributed by atoms with Crippen LogP contribution >= 0.6 is 0 Å². The molecule has 0 bridgehead atoms. The van der Waals surface area contributed by atoms with Crippen LogP contribution in [0.25, 0.3) is 111 Å². The first-order chi connectivity index (χ1) is 31.0. The smallest absolute Gasteiger partial charge is 0.160 e. The fraction of sp³-hybridized carbons (Fsp3) is 0.0492. The minimum Gasteiger partial charge on any atom is -0.228 e. The zero-order valence-electron chi connectivity index (χ0n) is 35.2. The largest absolute Gasteiger partial charge is 0.228 e. The fourth-order valence-corrected chi connectivity index (χ4v) is 10.2. The van der Waals surface area contributed by atoms with E-state index in [4.69, 9.17) is 9.97 Å². The van der Waals surface area contributed by atoms with Crippen LogP contribution in [0.3, 0.4) is 0 Å². The molecule has 0 amide bonds. The summed E-state index contributed by atoms with van der Waals surface area (Å²) in [5.74, 6) is 0.703. The molecule has 2 nitrogen and oxygen atoms in total.